The predicted octanol–water partition coefficient (Wildman–Crippen LogP) is 7.29. The minimum atomic E-state index is -0.821. The first-order valence-electron chi connectivity index (χ1n) is 11.1. The van der Waals surface area contributed by atoms with Crippen molar-refractivity contribution in [3.63, 3.8) is 0 Å². The topological polar surface area (TPSA) is 21.8 Å². The van der Waals surface area contributed by atoms with E-state index in [0.29, 0.717) is 41.9 Å². The summed E-state index contributed by atoms with van der Waals surface area (Å²) in [7, 11) is 1.56. The molecule has 166 valence electrons. The molecule has 5 heteroatoms. The molecule has 2 fully saturated rings. The van der Waals surface area contributed by atoms with Crippen molar-refractivity contribution in [2.75, 3.05) is 13.7 Å². The molecule has 1 saturated heterocycles. The van der Waals surface area contributed by atoms with Gasteiger partial charge in [0.25, 0.3) is 0 Å². The molecule has 0 N–H and O–H groups in total. The zero-order valence-electron chi connectivity index (χ0n) is 17.9. The number of hydrogen-bond acceptors (Lipinski definition) is 2. The lowest BCUT2D eigenvalue weighted by Gasteiger charge is -2.30. The molecule has 32 heavy (non-hydrogen) atoms. The van der Waals surface area contributed by atoms with Crippen molar-refractivity contribution in [3.05, 3.63) is 88.7 Å². The van der Waals surface area contributed by atoms with Crippen molar-refractivity contribution in [2.45, 2.75) is 43.6 Å². The van der Waals surface area contributed by atoms with Gasteiger partial charge in [-0.15, -0.1) is 0 Å². The van der Waals surface area contributed by atoms with Crippen molar-refractivity contribution in [1.82, 2.24) is 0 Å². The van der Waals surface area contributed by atoms with E-state index in [1.54, 1.807) is 49.6 Å². The molecular formula is C27H25F3O2. The van der Waals surface area contributed by atoms with Gasteiger partial charge in [0.15, 0.2) is 11.6 Å². The second-order valence-corrected chi connectivity index (χ2v) is 8.71. The smallest absolute Gasteiger partial charge is 0.166 e. The van der Waals surface area contributed by atoms with Crippen LogP contribution in [-0.2, 0) is 4.74 Å². The predicted molar refractivity (Wildman–Crippen MR) is 117 cm³/mol. The monoisotopic (exact) mass is 438 g/mol. The van der Waals surface area contributed by atoms with Gasteiger partial charge in [0.1, 0.15) is 17.7 Å². The SMILES string of the molecule is COc1ccc(-c2ccc(C3CCC(c4ccc(C5CO5)cc4F)CC3)c(F)c2F)cc1. The van der Waals surface area contributed by atoms with Gasteiger partial charge in [0, 0.05) is 5.56 Å². The maximum atomic E-state index is 15.0. The number of rotatable bonds is 5. The van der Waals surface area contributed by atoms with E-state index in [2.05, 4.69) is 0 Å². The zero-order valence-corrected chi connectivity index (χ0v) is 17.9. The summed E-state index contributed by atoms with van der Waals surface area (Å²) in [6.45, 7) is 0.656. The second-order valence-electron chi connectivity index (χ2n) is 8.71. The Morgan fingerprint density at radius 1 is 0.781 bits per heavy atom. The van der Waals surface area contributed by atoms with Crippen LogP contribution in [0.5, 0.6) is 5.75 Å². The summed E-state index contributed by atoms with van der Waals surface area (Å²) in [6, 6.07) is 15.6. The lowest BCUT2D eigenvalue weighted by atomic mass is 9.75. The van der Waals surface area contributed by atoms with Gasteiger partial charge >= 0.3 is 0 Å². The number of ether oxygens (including phenoxy) is 2. The van der Waals surface area contributed by atoms with Crippen LogP contribution in [0.15, 0.2) is 54.6 Å². The van der Waals surface area contributed by atoms with Gasteiger partial charge in [0.05, 0.1) is 13.7 Å². The van der Waals surface area contributed by atoms with E-state index in [0.717, 1.165) is 18.4 Å². The molecule has 1 atom stereocenters. The Balaban J connectivity index is 1.30. The molecular weight excluding hydrogens is 413 g/mol. The third-order valence-corrected chi connectivity index (χ3v) is 6.85. The molecule has 2 nitrogen and oxygen atoms in total. The molecule has 0 radical (unpaired) electrons. The van der Waals surface area contributed by atoms with Crippen LogP contribution in [0.4, 0.5) is 13.2 Å². The maximum Gasteiger partial charge on any atom is 0.166 e. The van der Waals surface area contributed by atoms with E-state index in [1.165, 1.54) is 0 Å². The van der Waals surface area contributed by atoms with E-state index in [-0.39, 0.29) is 29.3 Å². The molecule has 0 aromatic heterocycles. The Kier molecular flexibility index (Phi) is 5.68. The molecule has 1 unspecified atom stereocenters. The van der Waals surface area contributed by atoms with E-state index >= 15 is 4.39 Å². The van der Waals surface area contributed by atoms with Gasteiger partial charge in [-0.25, -0.2) is 13.2 Å². The molecule has 0 bridgehead atoms. The summed E-state index contributed by atoms with van der Waals surface area (Å²) in [4.78, 5) is 0. The highest BCUT2D eigenvalue weighted by Gasteiger charge is 2.30. The lowest BCUT2D eigenvalue weighted by Crippen LogP contribution is -2.15. The number of halogens is 3. The van der Waals surface area contributed by atoms with Crippen LogP contribution < -0.4 is 4.74 Å². The summed E-state index contributed by atoms with van der Waals surface area (Å²) in [5.74, 6) is -1.09. The Morgan fingerprint density at radius 3 is 2.00 bits per heavy atom. The van der Waals surface area contributed by atoms with E-state index < -0.39 is 11.6 Å². The third kappa shape index (κ3) is 4.02. The first-order valence-corrected chi connectivity index (χ1v) is 11.1. The number of epoxide rings is 1. The van der Waals surface area contributed by atoms with Crippen LogP contribution in [0.1, 0.15) is 60.3 Å². The first-order chi connectivity index (χ1) is 15.5. The van der Waals surface area contributed by atoms with Crippen LogP contribution >= 0.6 is 0 Å². The van der Waals surface area contributed by atoms with Crippen molar-refractivity contribution in [2.24, 2.45) is 0 Å². The van der Waals surface area contributed by atoms with Crippen molar-refractivity contribution in [3.8, 4) is 16.9 Å². The quantitative estimate of drug-likeness (QED) is 0.390. The van der Waals surface area contributed by atoms with Crippen molar-refractivity contribution >= 4 is 0 Å². The van der Waals surface area contributed by atoms with Gasteiger partial charge in [-0.05, 0) is 78.0 Å². The zero-order chi connectivity index (χ0) is 22.2. The fourth-order valence-corrected chi connectivity index (χ4v) is 4.90. The van der Waals surface area contributed by atoms with Gasteiger partial charge in [0.2, 0.25) is 0 Å². The average molecular weight is 438 g/mol. The van der Waals surface area contributed by atoms with E-state index in [1.807, 2.05) is 12.1 Å². The molecule has 5 rings (SSSR count). The fraction of sp³-hybridized carbons (Fsp3) is 0.333. The maximum absolute atomic E-state index is 15.0. The standard InChI is InChI=1S/C27H25F3O2/c1-31-20-9-6-18(7-10-20)23-13-12-22(26(29)27(23)30)17-4-2-16(3-5-17)21-11-8-19(14-24(21)28)25-15-32-25/h6-14,16-17,25H,2-5,15H2,1H3. The third-order valence-electron chi connectivity index (χ3n) is 6.85. The minimum Gasteiger partial charge on any atom is -0.497 e. The minimum absolute atomic E-state index is 0.0352. The Labute approximate surface area is 186 Å². The van der Waals surface area contributed by atoms with Crippen LogP contribution in [0, 0.1) is 17.5 Å². The molecule has 0 spiro atoms. The van der Waals surface area contributed by atoms with Gasteiger partial charge in [-0.3, -0.25) is 0 Å². The highest BCUT2D eigenvalue weighted by Crippen LogP contribution is 2.43. The van der Waals surface area contributed by atoms with Crippen molar-refractivity contribution < 1.29 is 22.6 Å². The summed E-state index contributed by atoms with van der Waals surface area (Å²) >= 11 is 0. The average Bonchev–Trinajstić information content (AvgIpc) is 3.67. The van der Waals surface area contributed by atoms with E-state index in [9.17, 15) is 8.78 Å². The highest BCUT2D eigenvalue weighted by molar-refractivity contribution is 5.65. The first kappa shape index (κ1) is 21.1. The molecule has 2 aliphatic rings. The fourth-order valence-electron chi connectivity index (χ4n) is 4.90. The van der Waals surface area contributed by atoms with Gasteiger partial charge < -0.3 is 9.47 Å². The Bertz CT molecular complexity index is 1110. The lowest BCUT2D eigenvalue weighted by molar-refractivity contribution is 0.374. The Hall–Kier alpha value is -2.79. The molecule has 1 aliphatic carbocycles. The van der Waals surface area contributed by atoms with Crippen LogP contribution in [0.3, 0.4) is 0 Å². The largest absolute Gasteiger partial charge is 0.497 e. The molecule has 3 aromatic carbocycles. The second kappa shape index (κ2) is 8.62. The molecule has 0 amide bonds. The van der Waals surface area contributed by atoms with Crippen LogP contribution in [0.25, 0.3) is 11.1 Å². The Morgan fingerprint density at radius 2 is 1.41 bits per heavy atom. The van der Waals surface area contributed by atoms with Gasteiger partial charge in [-0.1, -0.05) is 36.4 Å². The van der Waals surface area contributed by atoms with E-state index in [4.69, 9.17) is 9.47 Å². The summed E-state index contributed by atoms with van der Waals surface area (Å²) in [6.07, 6.45) is 2.95. The molecule has 3 aromatic rings. The summed E-state index contributed by atoms with van der Waals surface area (Å²) in [5, 5.41) is 0. The summed E-state index contributed by atoms with van der Waals surface area (Å²) < 4.78 is 54.9. The number of benzene rings is 3. The summed E-state index contributed by atoms with van der Waals surface area (Å²) in [5.41, 5.74) is 2.86. The molecule has 1 heterocycles. The van der Waals surface area contributed by atoms with Gasteiger partial charge in [-0.2, -0.15) is 0 Å². The number of methoxy groups -OCH3 is 1. The molecule has 1 aliphatic heterocycles. The highest BCUT2D eigenvalue weighted by atomic mass is 19.2. The van der Waals surface area contributed by atoms with Crippen molar-refractivity contribution in [1.29, 1.82) is 0 Å². The van der Waals surface area contributed by atoms with Crippen LogP contribution in [0.2, 0.25) is 0 Å². The normalized spacial score (nSPS) is 22.6. The molecule has 1 saturated carbocycles. The number of hydrogen-bond donors (Lipinski definition) is 0. The van der Waals surface area contributed by atoms with Crippen LogP contribution in [-0.4, -0.2) is 13.7 Å².